The second-order valence-electron chi connectivity index (χ2n) is 6.72. The number of nitrogens with one attached hydrogen (secondary N) is 2. The summed E-state index contributed by atoms with van der Waals surface area (Å²) in [6.07, 6.45) is 1.30. The van der Waals surface area contributed by atoms with Crippen molar-refractivity contribution in [3.05, 3.63) is 23.8 Å². The quantitative estimate of drug-likeness (QED) is 0.901. The monoisotopic (exact) mass is 304 g/mol. The number of carbonyl (C=O) groups is 2. The molecule has 1 aliphatic rings. The predicted octanol–water partition coefficient (Wildman–Crippen LogP) is 3.10. The maximum Gasteiger partial charge on any atom is 0.253 e. The lowest BCUT2D eigenvalue weighted by Gasteiger charge is -2.19. The second-order valence-corrected chi connectivity index (χ2v) is 6.72. The van der Waals surface area contributed by atoms with Gasteiger partial charge in [-0.1, -0.05) is 26.8 Å². The largest absolute Gasteiger partial charge is 0.368 e. The molecule has 0 radical (unpaired) electrons. The predicted molar refractivity (Wildman–Crippen MR) is 86.9 cm³/mol. The van der Waals surface area contributed by atoms with Crippen molar-refractivity contribution < 1.29 is 14.3 Å². The van der Waals surface area contributed by atoms with E-state index in [4.69, 9.17) is 4.74 Å². The van der Waals surface area contributed by atoms with Gasteiger partial charge in [0.2, 0.25) is 5.91 Å². The van der Waals surface area contributed by atoms with Gasteiger partial charge in [-0.25, -0.2) is 0 Å². The summed E-state index contributed by atoms with van der Waals surface area (Å²) in [4.78, 5) is 24.2. The number of carbonyl (C=O) groups excluding carboxylic acids is 2. The Morgan fingerprint density at radius 3 is 2.55 bits per heavy atom. The Kier molecular flexibility index (Phi) is 4.86. The highest BCUT2D eigenvalue weighted by Gasteiger charge is 2.24. The third kappa shape index (κ3) is 4.07. The van der Waals surface area contributed by atoms with Crippen LogP contribution in [-0.4, -0.2) is 24.5 Å². The van der Waals surface area contributed by atoms with E-state index in [1.165, 1.54) is 0 Å². The summed E-state index contributed by atoms with van der Waals surface area (Å²) < 4.78 is 5.38. The van der Waals surface area contributed by atoms with Crippen molar-refractivity contribution >= 4 is 23.2 Å². The Morgan fingerprint density at radius 2 is 1.95 bits per heavy atom. The molecular weight excluding hydrogens is 280 g/mol. The van der Waals surface area contributed by atoms with Gasteiger partial charge in [0.15, 0.2) is 0 Å². The molecule has 2 amide bonds. The summed E-state index contributed by atoms with van der Waals surface area (Å²) in [6, 6.07) is 5.50. The minimum absolute atomic E-state index is 0.0623. The molecule has 1 aliphatic heterocycles. The molecule has 2 rings (SSSR count). The van der Waals surface area contributed by atoms with Crippen LogP contribution in [0.2, 0.25) is 0 Å². The zero-order valence-corrected chi connectivity index (χ0v) is 13.7. The molecule has 1 fully saturated rings. The molecule has 1 saturated heterocycles. The molecule has 0 spiro atoms. The summed E-state index contributed by atoms with van der Waals surface area (Å²) in [5.74, 6) is -0.187. The third-order valence-corrected chi connectivity index (χ3v) is 3.66. The Bertz CT molecular complexity index is 570. The Labute approximate surface area is 131 Å². The van der Waals surface area contributed by atoms with Gasteiger partial charge < -0.3 is 15.4 Å². The van der Waals surface area contributed by atoms with E-state index in [2.05, 4.69) is 10.6 Å². The Balaban J connectivity index is 2.09. The van der Waals surface area contributed by atoms with E-state index in [0.717, 1.165) is 18.4 Å². The van der Waals surface area contributed by atoms with Gasteiger partial charge in [-0.3, -0.25) is 9.59 Å². The second kappa shape index (κ2) is 6.48. The Hall–Kier alpha value is -1.88. The summed E-state index contributed by atoms with van der Waals surface area (Å²) in [7, 11) is 0. The van der Waals surface area contributed by atoms with Crippen LogP contribution in [0.5, 0.6) is 0 Å². The molecule has 5 nitrogen and oxygen atoms in total. The Morgan fingerprint density at radius 1 is 1.23 bits per heavy atom. The van der Waals surface area contributed by atoms with Gasteiger partial charge in [0.05, 0.1) is 0 Å². The minimum atomic E-state index is -0.466. The third-order valence-electron chi connectivity index (χ3n) is 3.66. The van der Waals surface area contributed by atoms with E-state index in [0.29, 0.717) is 18.0 Å². The number of benzene rings is 1. The van der Waals surface area contributed by atoms with Crippen LogP contribution in [0.3, 0.4) is 0 Å². The van der Waals surface area contributed by atoms with Crippen molar-refractivity contribution in [1.29, 1.82) is 0 Å². The van der Waals surface area contributed by atoms with E-state index < -0.39 is 5.41 Å². The highest BCUT2D eigenvalue weighted by atomic mass is 16.5. The van der Waals surface area contributed by atoms with Crippen molar-refractivity contribution in [1.82, 2.24) is 0 Å². The SMILES string of the molecule is Cc1ccc(NC(=O)C(C)(C)C)cc1NC(=O)C1CCCO1. The number of ether oxygens (including phenoxy) is 1. The smallest absolute Gasteiger partial charge is 0.253 e. The molecule has 1 unspecified atom stereocenters. The lowest BCUT2D eigenvalue weighted by atomic mass is 9.95. The lowest BCUT2D eigenvalue weighted by molar-refractivity contribution is -0.124. The van der Waals surface area contributed by atoms with Crippen molar-refractivity contribution in [3.63, 3.8) is 0 Å². The van der Waals surface area contributed by atoms with Gasteiger partial charge in [0, 0.05) is 23.4 Å². The van der Waals surface area contributed by atoms with Crippen LogP contribution in [0.4, 0.5) is 11.4 Å². The maximum atomic E-state index is 12.1. The standard InChI is InChI=1S/C17H24N2O3/c1-11-7-8-12(18-16(21)17(2,3)4)10-13(11)19-15(20)14-6-5-9-22-14/h7-8,10,14H,5-6,9H2,1-4H3,(H,18,21)(H,19,20). The zero-order chi connectivity index (χ0) is 16.3. The molecular formula is C17H24N2O3. The molecule has 22 heavy (non-hydrogen) atoms. The lowest BCUT2D eigenvalue weighted by Crippen LogP contribution is -2.28. The fraction of sp³-hybridized carbons (Fsp3) is 0.529. The minimum Gasteiger partial charge on any atom is -0.368 e. The van der Waals surface area contributed by atoms with E-state index in [-0.39, 0.29) is 17.9 Å². The first-order chi connectivity index (χ1) is 10.3. The van der Waals surface area contributed by atoms with Gasteiger partial charge in [-0.15, -0.1) is 0 Å². The molecule has 1 aromatic rings. The van der Waals surface area contributed by atoms with Crippen LogP contribution < -0.4 is 10.6 Å². The number of hydrogen-bond donors (Lipinski definition) is 2. The van der Waals surface area contributed by atoms with E-state index >= 15 is 0 Å². The average Bonchev–Trinajstić information content (AvgIpc) is 2.95. The highest BCUT2D eigenvalue weighted by Crippen LogP contribution is 2.24. The van der Waals surface area contributed by atoms with Crippen molar-refractivity contribution in [2.24, 2.45) is 5.41 Å². The number of amides is 2. The topological polar surface area (TPSA) is 67.4 Å². The van der Waals surface area contributed by atoms with Crippen LogP contribution in [0.1, 0.15) is 39.2 Å². The zero-order valence-electron chi connectivity index (χ0n) is 13.7. The molecule has 0 aliphatic carbocycles. The molecule has 5 heteroatoms. The van der Waals surface area contributed by atoms with E-state index in [1.807, 2.05) is 39.8 Å². The fourth-order valence-corrected chi connectivity index (χ4v) is 2.15. The number of hydrogen-bond acceptors (Lipinski definition) is 3. The molecule has 0 bridgehead atoms. The number of aryl methyl sites for hydroxylation is 1. The van der Waals surface area contributed by atoms with Crippen molar-refractivity contribution in [2.45, 2.75) is 46.6 Å². The summed E-state index contributed by atoms with van der Waals surface area (Å²) in [5, 5.41) is 5.76. The first kappa shape index (κ1) is 16.5. The molecule has 0 saturated carbocycles. The number of rotatable bonds is 3. The summed E-state index contributed by atoms with van der Waals surface area (Å²) in [5.41, 5.74) is 1.85. The molecule has 1 aromatic carbocycles. The van der Waals surface area contributed by atoms with Crippen LogP contribution in [0.25, 0.3) is 0 Å². The van der Waals surface area contributed by atoms with Crippen LogP contribution in [-0.2, 0) is 14.3 Å². The van der Waals surface area contributed by atoms with Crippen molar-refractivity contribution in [2.75, 3.05) is 17.2 Å². The van der Waals surface area contributed by atoms with Crippen LogP contribution in [0.15, 0.2) is 18.2 Å². The summed E-state index contributed by atoms with van der Waals surface area (Å²) in [6.45, 7) is 8.13. The first-order valence-electron chi connectivity index (χ1n) is 7.62. The van der Waals surface area contributed by atoms with Crippen molar-refractivity contribution in [3.8, 4) is 0 Å². The van der Waals surface area contributed by atoms with Gasteiger partial charge in [0.25, 0.3) is 5.91 Å². The van der Waals surface area contributed by atoms with Crippen LogP contribution >= 0.6 is 0 Å². The first-order valence-corrected chi connectivity index (χ1v) is 7.62. The van der Waals surface area contributed by atoms with Gasteiger partial charge in [-0.2, -0.15) is 0 Å². The average molecular weight is 304 g/mol. The molecule has 0 aromatic heterocycles. The normalized spacial score (nSPS) is 18.1. The van der Waals surface area contributed by atoms with Gasteiger partial charge in [0.1, 0.15) is 6.10 Å². The number of anilines is 2. The molecule has 2 N–H and O–H groups in total. The van der Waals surface area contributed by atoms with E-state index in [9.17, 15) is 9.59 Å². The highest BCUT2D eigenvalue weighted by molar-refractivity contribution is 5.98. The van der Waals surface area contributed by atoms with Gasteiger partial charge in [-0.05, 0) is 37.5 Å². The fourth-order valence-electron chi connectivity index (χ4n) is 2.15. The molecule has 1 heterocycles. The van der Waals surface area contributed by atoms with Gasteiger partial charge >= 0.3 is 0 Å². The molecule has 1 atom stereocenters. The van der Waals surface area contributed by atoms with E-state index in [1.54, 1.807) is 6.07 Å². The van der Waals surface area contributed by atoms with Crippen LogP contribution in [0, 0.1) is 12.3 Å². The summed E-state index contributed by atoms with van der Waals surface area (Å²) >= 11 is 0. The maximum absolute atomic E-state index is 12.1. The molecule has 120 valence electrons.